The van der Waals surface area contributed by atoms with Crippen LogP contribution in [0.15, 0.2) is 43.7 Å². The number of hydrogen-bond donors (Lipinski definition) is 1. The molecular formula is C15H12Br3F2N. The van der Waals surface area contributed by atoms with Gasteiger partial charge in [0.15, 0.2) is 0 Å². The van der Waals surface area contributed by atoms with Gasteiger partial charge >= 0.3 is 0 Å². The van der Waals surface area contributed by atoms with E-state index in [0.29, 0.717) is 6.54 Å². The molecule has 0 fully saturated rings. The normalized spacial score (nSPS) is 12.5. The van der Waals surface area contributed by atoms with E-state index in [1.807, 2.05) is 25.1 Å². The molecule has 2 aromatic carbocycles. The average molecular weight is 484 g/mol. The third kappa shape index (κ3) is 4.12. The second-order valence-corrected chi connectivity index (χ2v) is 7.17. The van der Waals surface area contributed by atoms with Crippen LogP contribution in [0.4, 0.5) is 8.78 Å². The molecule has 0 saturated carbocycles. The Morgan fingerprint density at radius 1 is 0.952 bits per heavy atom. The second-order valence-electron chi connectivity index (χ2n) is 4.48. The summed E-state index contributed by atoms with van der Waals surface area (Å²) in [6.07, 6.45) is 0. The summed E-state index contributed by atoms with van der Waals surface area (Å²) in [6.45, 7) is 2.55. The summed E-state index contributed by atoms with van der Waals surface area (Å²) in [5.74, 6) is -0.936. The van der Waals surface area contributed by atoms with Crippen molar-refractivity contribution < 1.29 is 8.78 Å². The lowest BCUT2D eigenvalue weighted by atomic mass is 9.98. The van der Waals surface area contributed by atoms with Crippen LogP contribution in [0.3, 0.4) is 0 Å². The molecule has 0 heterocycles. The first-order chi connectivity index (χ1) is 9.92. The Morgan fingerprint density at radius 2 is 1.57 bits per heavy atom. The molecule has 0 aliphatic heterocycles. The number of hydrogen-bond acceptors (Lipinski definition) is 1. The van der Waals surface area contributed by atoms with E-state index in [1.165, 1.54) is 6.07 Å². The molecule has 0 bridgehead atoms. The van der Waals surface area contributed by atoms with Crippen LogP contribution in [0.5, 0.6) is 0 Å². The average Bonchev–Trinajstić information content (AvgIpc) is 2.39. The van der Waals surface area contributed by atoms with Crippen LogP contribution in [0.1, 0.15) is 24.1 Å². The molecule has 0 amide bonds. The molecule has 0 saturated heterocycles. The van der Waals surface area contributed by atoms with E-state index in [0.717, 1.165) is 20.6 Å². The first kappa shape index (κ1) is 17.1. The third-order valence-electron chi connectivity index (χ3n) is 2.98. The highest BCUT2D eigenvalue weighted by Gasteiger charge is 2.20. The van der Waals surface area contributed by atoms with Crippen LogP contribution in [0.25, 0.3) is 0 Å². The third-order valence-corrected chi connectivity index (χ3v) is 4.50. The minimum Gasteiger partial charge on any atom is -0.306 e. The van der Waals surface area contributed by atoms with Crippen LogP contribution < -0.4 is 5.32 Å². The van der Waals surface area contributed by atoms with Crippen LogP contribution in [0.2, 0.25) is 0 Å². The molecule has 2 aromatic rings. The quantitative estimate of drug-likeness (QED) is 0.530. The van der Waals surface area contributed by atoms with Gasteiger partial charge in [0.1, 0.15) is 11.6 Å². The van der Waals surface area contributed by atoms with Crippen molar-refractivity contribution in [3.8, 4) is 0 Å². The van der Waals surface area contributed by atoms with E-state index in [-0.39, 0.29) is 10.0 Å². The second kappa shape index (κ2) is 7.31. The lowest BCUT2D eigenvalue weighted by Gasteiger charge is -2.20. The van der Waals surface area contributed by atoms with Gasteiger partial charge in [-0.3, -0.25) is 0 Å². The van der Waals surface area contributed by atoms with Gasteiger partial charge in [0.25, 0.3) is 0 Å². The number of benzene rings is 2. The van der Waals surface area contributed by atoms with Gasteiger partial charge < -0.3 is 5.32 Å². The molecule has 0 aliphatic carbocycles. The molecule has 6 heteroatoms. The Hall–Kier alpha value is -0.300. The Morgan fingerprint density at radius 3 is 2.14 bits per heavy atom. The van der Waals surface area contributed by atoms with Crippen LogP contribution in [-0.4, -0.2) is 6.54 Å². The SMILES string of the molecule is CCNC(c1cc(Br)cc(Br)c1)c1cc(F)c(Br)cc1F. The Bertz CT molecular complexity index is 641. The maximum absolute atomic E-state index is 14.2. The summed E-state index contributed by atoms with van der Waals surface area (Å²) in [5, 5.41) is 3.19. The summed E-state index contributed by atoms with van der Waals surface area (Å²) in [7, 11) is 0. The molecule has 0 aliphatic rings. The van der Waals surface area contributed by atoms with Crippen molar-refractivity contribution in [2.45, 2.75) is 13.0 Å². The summed E-state index contributed by atoms with van der Waals surface area (Å²) >= 11 is 9.83. The van der Waals surface area contributed by atoms with Gasteiger partial charge in [-0.05, 0) is 58.4 Å². The minimum atomic E-state index is -0.483. The maximum Gasteiger partial charge on any atom is 0.137 e. The van der Waals surface area contributed by atoms with Gasteiger partial charge in [-0.25, -0.2) is 8.78 Å². The molecule has 1 nitrogen and oxygen atoms in total. The Labute approximate surface area is 147 Å². The van der Waals surface area contributed by atoms with E-state index in [4.69, 9.17) is 0 Å². The standard InChI is InChI=1S/C15H12Br3F2N/c1-2-21-15(8-3-9(16)5-10(17)4-8)11-6-14(20)12(18)7-13(11)19/h3-7,15,21H,2H2,1H3. The zero-order valence-electron chi connectivity index (χ0n) is 11.1. The fourth-order valence-electron chi connectivity index (χ4n) is 2.11. The minimum absolute atomic E-state index is 0.120. The van der Waals surface area contributed by atoms with E-state index in [9.17, 15) is 8.78 Å². The van der Waals surface area contributed by atoms with Crippen molar-refractivity contribution in [1.29, 1.82) is 0 Å². The van der Waals surface area contributed by atoms with E-state index < -0.39 is 17.7 Å². The summed E-state index contributed by atoms with van der Waals surface area (Å²) in [6, 6.07) is 7.62. The molecule has 0 radical (unpaired) electrons. The molecule has 0 spiro atoms. The highest BCUT2D eigenvalue weighted by Crippen LogP contribution is 2.31. The molecule has 112 valence electrons. The predicted octanol–water partition coefficient (Wildman–Crippen LogP) is 5.95. The lowest BCUT2D eigenvalue weighted by molar-refractivity contribution is 0.542. The van der Waals surface area contributed by atoms with E-state index >= 15 is 0 Å². The molecule has 1 N–H and O–H groups in total. The molecular weight excluding hydrogens is 472 g/mol. The fraction of sp³-hybridized carbons (Fsp3) is 0.200. The monoisotopic (exact) mass is 481 g/mol. The first-order valence-corrected chi connectivity index (χ1v) is 8.64. The molecule has 0 aromatic heterocycles. The Kier molecular flexibility index (Phi) is 5.94. The van der Waals surface area contributed by atoms with Crippen LogP contribution >= 0.6 is 47.8 Å². The summed E-state index contributed by atoms with van der Waals surface area (Å²) in [4.78, 5) is 0. The lowest BCUT2D eigenvalue weighted by Crippen LogP contribution is -2.23. The van der Waals surface area contributed by atoms with Crippen LogP contribution in [0, 0.1) is 11.6 Å². The predicted molar refractivity (Wildman–Crippen MR) is 91.4 cm³/mol. The summed E-state index contributed by atoms with van der Waals surface area (Å²) < 4.78 is 29.9. The molecule has 1 atom stereocenters. The molecule has 21 heavy (non-hydrogen) atoms. The number of halogens is 5. The van der Waals surface area contributed by atoms with Gasteiger partial charge in [-0.1, -0.05) is 38.8 Å². The van der Waals surface area contributed by atoms with Gasteiger partial charge in [0, 0.05) is 14.5 Å². The van der Waals surface area contributed by atoms with E-state index in [1.54, 1.807) is 0 Å². The van der Waals surface area contributed by atoms with Gasteiger partial charge in [-0.15, -0.1) is 0 Å². The zero-order valence-corrected chi connectivity index (χ0v) is 15.8. The number of rotatable bonds is 4. The van der Waals surface area contributed by atoms with Gasteiger partial charge in [0.05, 0.1) is 10.5 Å². The van der Waals surface area contributed by atoms with E-state index in [2.05, 4.69) is 53.1 Å². The highest BCUT2D eigenvalue weighted by molar-refractivity contribution is 9.11. The van der Waals surface area contributed by atoms with Crippen molar-refractivity contribution in [3.63, 3.8) is 0 Å². The van der Waals surface area contributed by atoms with Crippen LogP contribution in [-0.2, 0) is 0 Å². The van der Waals surface area contributed by atoms with Crippen molar-refractivity contribution in [2.75, 3.05) is 6.54 Å². The molecule has 2 rings (SSSR count). The zero-order chi connectivity index (χ0) is 15.6. The largest absolute Gasteiger partial charge is 0.306 e. The number of nitrogens with one attached hydrogen (secondary N) is 1. The van der Waals surface area contributed by atoms with Crippen molar-refractivity contribution in [1.82, 2.24) is 5.32 Å². The Balaban J connectivity index is 2.55. The van der Waals surface area contributed by atoms with Crippen molar-refractivity contribution >= 4 is 47.8 Å². The van der Waals surface area contributed by atoms with Crippen molar-refractivity contribution in [3.05, 3.63) is 66.5 Å². The summed E-state index contributed by atoms with van der Waals surface area (Å²) in [5.41, 5.74) is 1.13. The topological polar surface area (TPSA) is 12.0 Å². The fourth-order valence-corrected chi connectivity index (χ4v) is 3.76. The van der Waals surface area contributed by atoms with Crippen molar-refractivity contribution in [2.24, 2.45) is 0 Å². The highest BCUT2D eigenvalue weighted by atomic mass is 79.9. The maximum atomic E-state index is 14.2. The molecule has 1 unspecified atom stereocenters. The van der Waals surface area contributed by atoms with Gasteiger partial charge in [-0.2, -0.15) is 0 Å². The van der Waals surface area contributed by atoms with Gasteiger partial charge in [0.2, 0.25) is 0 Å². The first-order valence-electron chi connectivity index (χ1n) is 6.26. The smallest absolute Gasteiger partial charge is 0.137 e.